The van der Waals surface area contributed by atoms with Gasteiger partial charge in [-0.15, -0.1) is 0 Å². The fourth-order valence-electron chi connectivity index (χ4n) is 3.67. The van der Waals surface area contributed by atoms with Crippen molar-refractivity contribution >= 4 is 33.0 Å². The fraction of sp³-hybridized carbons (Fsp3) is 0.167. The molecule has 3 aromatic rings. The van der Waals surface area contributed by atoms with Crippen LogP contribution in [0.15, 0.2) is 70.6 Å². The Morgan fingerprint density at radius 1 is 1.03 bits per heavy atom. The van der Waals surface area contributed by atoms with Crippen LogP contribution in [0.4, 0.5) is 24.5 Å². The van der Waals surface area contributed by atoms with Gasteiger partial charge in [0.25, 0.3) is 0 Å². The van der Waals surface area contributed by atoms with Gasteiger partial charge in [-0.25, -0.2) is 18.5 Å². The van der Waals surface area contributed by atoms with Crippen LogP contribution < -0.4 is 15.2 Å². The Morgan fingerprint density at radius 2 is 1.71 bits per heavy atom. The number of rotatable bonds is 5. The number of ether oxygens (including phenoxy) is 1. The summed E-state index contributed by atoms with van der Waals surface area (Å²) in [6.07, 6.45) is -4.83. The molecule has 3 N–H and O–H groups in total. The summed E-state index contributed by atoms with van der Waals surface area (Å²) in [5.74, 6) is -0.885. The average Bonchev–Trinajstić information content (AvgIpc) is 2.95. The highest BCUT2D eigenvalue weighted by atomic mass is 32.2. The highest BCUT2D eigenvalue weighted by Crippen LogP contribution is 2.43. The Kier molecular flexibility index (Phi) is 6.39. The molecule has 0 radical (unpaired) electrons. The van der Waals surface area contributed by atoms with E-state index in [2.05, 4.69) is 10.3 Å². The van der Waals surface area contributed by atoms with Crippen LogP contribution in [0.25, 0.3) is 11.1 Å². The number of nitrogens with zero attached hydrogens (tertiary/aromatic N) is 1. The van der Waals surface area contributed by atoms with Crippen molar-refractivity contribution in [2.45, 2.75) is 24.4 Å². The van der Waals surface area contributed by atoms with Crippen molar-refractivity contribution in [2.75, 3.05) is 11.9 Å². The van der Waals surface area contributed by atoms with Crippen LogP contribution in [0.5, 0.6) is 5.75 Å². The number of fused-ring (bicyclic) bond motifs is 1. The second kappa shape index (κ2) is 9.16. The molecule has 0 aliphatic carbocycles. The quantitative estimate of drug-likeness (QED) is 0.517. The molecule has 0 aromatic heterocycles. The number of primary sulfonamides is 1. The molecule has 1 aliphatic heterocycles. The summed E-state index contributed by atoms with van der Waals surface area (Å²) in [5.41, 5.74) is 1.44. The maximum absolute atomic E-state index is 13.5. The van der Waals surface area contributed by atoms with Crippen LogP contribution >= 0.6 is 0 Å². The number of hydrogen-bond donors (Lipinski definition) is 2. The third-order valence-corrected chi connectivity index (χ3v) is 6.20. The summed E-state index contributed by atoms with van der Waals surface area (Å²) in [5, 5.41) is 7.64. The molecule has 0 bridgehead atoms. The number of carbonyl (C=O) groups is 1. The second-order valence-corrected chi connectivity index (χ2v) is 9.29. The van der Waals surface area contributed by atoms with Gasteiger partial charge >= 0.3 is 6.18 Å². The van der Waals surface area contributed by atoms with E-state index in [1.165, 1.54) is 18.2 Å². The lowest BCUT2D eigenvalue weighted by atomic mass is 9.99. The van der Waals surface area contributed by atoms with Crippen molar-refractivity contribution in [3.8, 4) is 16.9 Å². The molecule has 11 heteroatoms. The van der Waals surface area contributed by atoms with Gasteiger partial charge in [-0.3, -0.25) is 4.79 Å². The number of halogens is 3. The van der Waals surface area contributed by atoms with Crippen LogP contribution in [-0.2, 0) is 21.0 Å². The summed E-state index contributed by atoms with van der Waals surface area (Å²) in [4.78, 5) is 17.0. The van der Waals surface area contributed by atoms with Gasteiger partial charge in [0.1, 0.15) is 5.75 Å². The van der Waals surface area contributed by atoms with E-state index in [0.717, 1.165) is 11.6 Å². The SMILES string of the molecule is CCOc1cc2c(cc1C(F)(F)F)NC(=O)CC(c1cccc(-c3ccc(S(N)(=O)=O)cc3)c1)=N2. The van der Waals surface area contributed by atoms with Crippen LogP contribution in [-0.4, -0.2) is 26.6 Å². The Hall–Kier alpha value is -3.70. The molecule has 0 spiro atoms. The minimum absolute atomic E-state index is 0.0249. The van der Waals surface area contributed by atoms with E-state index in [4.69, 9.17) is 9.88 Å². The normalized spacial score (nSPS) is 14.0. The van der Waals surface area contributed by atoms with E-state index in [-0.39, 0.29) is 35.0 Å². The lowest BCUT2D eigenvalue weighted by molar-refractivity contribution is -0.138. The van der Waals surface area contributed by atoms with E-state index in [1.54, 1.807) is 43.3 Å². The summed E-state index contributed by atoms with van der Waals surface area (Å²) in [7, 11) is -3.83. The molecule has 0 saturated carbocycles. The summed E-state index contributed by atoms with van der Waals surface area (Å²) in [6, 6.07) is 15.0. The first-order chi connectivity index (χ1) is 16.5. The van der Waals surface area contributed by atoms with E-state index < -0.39 is 27.7 Å². The number of carbonyl (C=O) groups excluding carboxylic acids is 1. The Balaban J connectivity index is 1.77. The Bertz CT molecular complexity index is 1430. The van der Waals surface area contributed by atoms with Crippen molar-refractivity contribution < 1.29 is 31.1 Å². The molecule has 0 atom stereocenters. The molecule has 3 aromatic carbocycles. The molecule has 1 amide bonds. The summed E-state index contributed by atoms with van der Waals surface area (Å²) >= 11 is 0. The molecule has 35 heavy (non-hydrogen) atoms. The molecule has 0 unspecified atom stereocenters. The Morgan fingerprint density at radius 3 is 2.34 bits per heavy atom. The van der Waals surface area contributed by atoms with E-state index >= 15 is 0 Å². The molecule has 1 heterocycles. The number of anilines is 1. The highest BCUT2D eigenvalue weighted by Gasteiger charge is 2.36. The topological polar surface area (TPSA) is 111 Å². The van der Waals surface area contributed by atoms with E-state index in [9.17, 15) is 26.4 Å². The van der Waals surface area contributed by atoms with Gasteiger partial charge in [0, 0.05) is 6.07 Å². The number of alkyl halides is 3. The third-order valence-electron chi connectivity index (χ3n) is 5.27. The minimum atomic E-state index is -4.67. The zero-order valence-electron chi connectivity index (χ0n) is 18.4. The zero-order chi connectivity index (χ0) is 25.4. The van der Waals surface area contributed by atoms with Crippen LogP contribution in [0, 0.1) is 0 Å². The van der Waals surface area contributed by atoms with Crippen LogP contribution in [0.2, 0.25) is 0 Å². The van der Waals surface area contributed by atoms with Crippen molar-refractivity contribution in [1.29, 1.82) is 0 Å². The molecule has 7 nitrogen and oxygen atoms in total. The molecule has 182 valence electrons. The number of nitrogens with one attached hydrogen (secondary N) is 1. The number of aliphatic imine (C=N–C) groups is 1. The van der Waals surface area contributed by atoms with E-state index in [1.807, 2.05) is 0 Å². The maximum Gasteiger partial charge on any atom is 0.420 e. The highest BCUT2D eigenvalue weighted by molar-refractivity contribution is 7.89. The average molecular weight is 504 g/mol. The Labute approximate surface area is 199 Å². The molecular formula is C24H20F3N3O4S. The zero-order valence-corrected chi connectivity index (χ0v) is 19.2. The largest absolute Gasteiger partial charge is 0.493 e. The monoisotopic (exact) mass is 503 g/mol. The maximum atomic E-state index is 13.5. The van der Waals surface area contributed by atoms with Crippen LogP contribution in [0.1, 0.15) is 24.5 Å². The lowest BCUT2D eigenvalue weighted by Crippen LogP contribution is -2.15. The van der Waals surface area contributed by atoms with Crippen LogP contribution in [0.3, 0.4) is 0 Å². The smallest absolute Gasteiger partial charge is 0.420 e. The first kappa shape index (κ1) is 24.4. The number of sulfonamides is 1. The van der Waals surface area contributed by atoms with Crippen molar-refractivity contribution in [2.24, 2.45) is 10.1 Å². The number of amides is 1. The number of nitrogens with two attached hydrogens (primary N) is 1. The predicted molar refractivity (Wildman–Crippen MR) is 125 cm³/mol. The summed E-state index contributed by atoms with van der Waals surface area (Å²) in [6.45, 7) is 1.60. The second-order valence-electron chi connectivity index (χ2n) is 7.73. The van der Waals surface area contributed by atoms with Crippen molar-refractivity contribution in [3.63, 3.8) is 0 Å². The standard InChI is InChI=1S/C24H20F3N3O4S/c1-2-34-22-12-21-20(11-18(22)24(25,26)27)30-23(31)13-19(29-21)16-5-3-4-15(10-16)14-6-8-17(9-7-14)35(28,32)33/h3-12H,2,13H2,1H3,(H,30,31)(H2,28,32,33). The molecule has 1 aliphatic rings. The number of hydrogen-bond acceptors (Lipinski definition) is 5. The van der Waals surface area contributed by atoms with Gasteiger partial charge in [0.2, 0.25) is 15.9 Å². The fourth-order valence-corrected chi connectivity index (χ4v) is 4.19. The lowest BCUT2D eigenvalue weighted by Gasteiger charge is -2.16. The van der Waals surface area contributed by atoms with Gasteiger partial charge in [0.15, 0.2) is 0 Å². The third kappa shape index (κ3) is 5.36. The van der Waals surface area contributed by atoms with Gasteiger partial charge < -0.3 is 10.1 Å². The molecule has 0 fully saturated rings. The molecular weight excluding hydrogens is 483 g/mol. The van der Waals surface area contributed by atoms with Crippen molar-refractivity contribution in [3.05, 3.63) is 71.8 Å². The van der Waals surface area contributed by atoms with Crippen molar-refractivity contribution in [1.82, 2.24) is 0 Å². The first-order valence-electron chi connectivity index (χ1n) is 10.4. The number of benzene rings is 3. The van der Waals surface area contributed by atoms with Gasteiger partial charge in [0.05, 0.1) is 40.6 Å². The molecule has 0 saturated heterocycles. The summed E-state index contributed by atoms with van der Waals surface area (Å²) < 4.78 is 68.7. The van der Waals surface area contributed by atoms with Gasteiger partial charge in [-0.2, -0.15) is 13.2 Å². The van der Waals surface area contributed by atoms with E-state index in [0.29, 0.717) is 16.8 Å². The molecule has 4 rings (SSSR count). The first-order valence-corrected chi connectivity index (χ1v) is 12.0. The predicted octanol–water partition coefficient (Wildman–Crippen LogP) is 4.88. The van der Waals surface area contributed by atoms with Gasteiger partial charge in [-0.1, -0.05) is 30.3 Å². The minimum Gasteiger partial charge on any atom is -0.493 e. The van der Waals surface area contributed by atoms with Gasteiger partial charge in [-0.05, 0) is 47.9 Å².